The van der Waals surface area contributed by atoms with Gasteiger partial charge in [0.2, 0.25) is 5.91 Å². The lowest BCUT2D eigenvalue weighted by Crippen LogP contribution is -2.15. The Balaban J connectivity index is 1.71. The highest BCUT2D eigenvalue weighted by Crippen LogP contribution is 2.18. The Morgan fingerprint density at radius 2 is 2.62 bits per heavy atom. The van der Waals surface area contributed by atoms with Gasteiger partial charge in [0.1, 0.15) is 0 Å². The monoisotopic (exact) mass is 240 g/mol. The topological polar surface area (TPSA) is 51.2 Å². The van der Waals surface area contributed by atoms with Crippen LogP contribution in [0.2, 0.25) is 0 Å². The Morgan fingerprint density at radius 3 is 3.25 bits per heavy atom. The minimum Gasteiger partial charge on any atom is -0.378 e. The molecule has 0 bridgehead atoms. The van der Waals surface area contributed by atoms with Gasteiger partial charge in [0, 0.05) is 18.4 Å². The number of amides is 1. The van der Waals surface area contributed by atoms with Crippen molar-refractivity contribution in [2.45, 2.75) is 38.7 Å². The highest BCUT2D eigenvalue weighted by molar-refractivity contribution is 7.13. The molecule has 1 unspecified atom stereocenters. The molecule has 2 heterocycles. The molecule has 1 amide bonds. The average molecular weight is 240 g/mol. The van der Waals surface area contributed by atoms with Crippen LogP contribution in [0.4, 0.5) is 5.13 Å². The number of nitrogens with one attached hydrogen (secondary N) is 1. The molecule has 0 saturated carbocycles. The van der Waals surface area contributed by atoms with Crippen molar-refractivity contribution in [1.82, 2.24) is 4.98 Å². The summed E-state index contributed by atoms with van der Waals surface area (Å²) in [6, 6.07) is 0. The molecule has 1 aromatic rings. The maximum Gasteiger partial charge on any atom is 0.226 e. The van der Waals surface area contributed by atoms with Gasteiger partial charge < -0.3 is 10.1 Å². The van der Waals surface area contributed by atoms with Gasteiger partial charge in [-0.2, -0.15) is 0 Å². The average Bonchev–Trinajstić information content (AvgIpc) is 2.87. The zero-order valence-electron chi connectivity index (χ0n) is 9.36. The summed E-state index contributed by atoms with van der Waals surface area (Å²) < 4.78 is 5.46. The first-order chi connectivity index (χ1) is 7.74. The van der Waals surface area contributed by atoms with E-state index in [1.165, 1.54) is 11.3 Å². The summed E-state index contributed by atoms with van der Waals surface area (Å²) >= 11 is 1.46. The van der Waals surface area contributed by atoms with Crippen LogP contribution in [0.5, 0.6) is 0 Å². The normalized spacial score (nSPS) is 19.9. The lowest BCUT2D eigenvalue weighted by Gasteiger charge is -2.07. The number of hydrogen-bond donors (Lipinski definition) is 1. The number of aromatic nitrogens is 1. The van der Waals surface area contributed by atoms with E-state index in [0.29, 0.717) is 11.6 Å². The number of anilines is 1. The maximum atomic E-state index is 11.6. The first-order valence-corrected chi connectivity index (χ1v) is 6.45. The number of rotatable bonds is 4. The molecular formula is C11H16N2O2S. The van der Waals surface area contributed by atoms with Gasteiger partial charge in [0.05, 0.1) is 11.8 Å². The second-order valence-corrected chi connectivity index (χ2v) is 4.87. The minimum atomic E-state index is 0.0323. The lowest BCUT2D eigenvalue weighted by atomic mass is 10.1. The SMILES string of the molecule is Cc1csc(NC(=O)CCC2CCCO2)n1. The first-order valence-electron chi connectivity index (χ1n) is 5.57. The Hall–Kier alpha value is -0.940. The smallest absolute Gasteiger partial charge is 0.226 e. The molecule has 1 aliphatic heterocycles. The van der Waals surface area contributed by atoms with E-state index in [4.69, 9.17) is 4.74 Å². The van der Waals surface area contributed by atoms with E-state index in [1.54, 1.807) is 0 Å². The summed E-state index contributed by atoms with van der Waals surface area (Å²) in [7, 11) is 0. The molecular weight excluding hydrogens is 224 g/mol. The highest BCUT2D eigenvalue weighted by atomic mass is 32.1. The molecule has 0 aromatic carbocycles. The van der Waals surface area contributed by atoms with Crippen LogP contribution in [0.15, 0.2) is 5.38 Å². The molecule has 5 heteroatoms. The molecule has 2 rings (SSSR count). The van der Waals surface area contributed by atoms with Crippen LogP contribution in [0.1, 0.15) is 31.4 Å². The van der Waals surface area contributed by atoms with Crippen molar-refractivity contribution in [3.8, 4) is 0 Å². The highest BCUT2D eigenvalue weighted by Gasteiger charge is 2.16. The fourth-order valence-electron chi connectivity index (χ4n) is 1.76. The third-order valence-corrected chi connectivity index (χ3v) is 3.46. The third kappa shape index (κ3) is 3.28. The fraction of sp³-hybridized carbons (Fsp3) is 0.636. The number of hydrogen-bond acceptors (Lipinski definition) is 4. The molecule has 1 N–H and O–H groups in total. The number of aryl methyl sites for hydroxylation is 1. The predicted molar refractivity (Wildman–Crippen MR) is 63.7 cm³/mol. The summed E-state index contributed by atoms with van der Waals surface area (Å²) in [6.45, 7) is 2.76. The van der Waals surface area contributed by atoms with Crippen LogP contribution in [0, 0.1) is 6.92 Å². The van der Waals surface area contributed by atoms with Crippen molar-refractivity contribution in [2.75, 3.05) is 11.9 Å². The molecule has 1 saturated heterocycles. The molecule has 1 fully saturated rings. The summed E-state index contributed by atoms with van der Waals surface area (Å²) in [4.78, 5) is 15.8. The van der Waals surface area contributed by atoms with Crippen LogP contribution < -0.4 is 5.32 Å². The number of ether oxygens (including phenoxy) is 1. The molecule has 1 aliphatic rings. The van der Waals surface area contributed by atoms with Crippen LogP contribution >= 0.6 is 11.3 Å². The minimum absolute atomic E-state index is 0.0323. The summed E-state index contributed by atoms with van der Waals surface area (Å²) in [6.07, 6.45) is 3.82. The number of nitrogens with zero attached hydrogens (tertiary/aromatic N) is 1. The van der Waals surface area contributed by atoms with Crippen LogP contribution in [-0.2, 0) is 9.53 Å². The van der Waals surface area contributed by atoms with E-state index >= 15 is 0 Å². The van der Waals surface area contributed by atoms with Crippen LogP contribution in [0.3, 0.4) is 0 Å². The zero-order chi connectivity index (χ0) is 11.4. The van der Waals surface area contributed by atoms with Crippen molar-refractivity contribution >= 4 is 22.4 Å². The largest absolute Gasteiger partial charge is 0.378 e. The third-order valence-electron chi connectivity index (χ3n) is 2.58. The van der Waals surface area contributed by atoms with Crippen molar-refractivity contribution in [3.05, 3.63) is 11.1 Å². The van der Waals surface area contributed by atoms with Crippen molar-refractivity contribution in [1.29, 1.82) is 0 Å². The number of carbonyl (C=O) groups excluding carboxylic acids is 1. The summed E-state index contributed by atoms with van der Waals surface area (Å²) in [5.41, 5.74) is 0.944. The van der Waals surface area contributed by atoms with Crippen LogP contribution in [0.25, 0.3) is 0 Å². The first kappa shape index (κ1) is 11.5. The maximum absolute atomic E-state index is 11.6. The number of carbonyl (C=O) groups is 1. The van der Waals surface area contributed by atoms with Gasteiger partial charge in [-0.15, -0.1) is 11.3 Å². The zero-order valence-corrected chi connectivity index (χ0v) is 10.2. The Kier molecular flexibility index (Phi) is 3.90. The van der Waals surface area contributed by atoms with Gasteiger partial charge in [-0.3, -0.25) is 4.79 Å². The molecule has 16 heavy (non-hydrogen) atoms. The Bertz CT molecular complexity index is 359. The van der Waals surface area contributed by atoms with E-state index in [0.717, 1.165) is 31.6 Å². The molecule has 0 radical (unpaired) electrons. The predicted octanol–water partition coefficient (Wildman–Crippen LogP) is 2.35. The second-order valence-electron chi connectivity index (χ2n) is 4.02. The van der Waals surface area contributed by atoms with Crippen LogP contribution in [-0.4, -0.2) is 23.6 Å². The van der Waals surface area contributed by atoms with E-state index < -0.39 is 0 Å². The standard InChI is InChI=1S/C11H16N2O2S/c1-8-7-16-11(12-8)13-10(14)5-4-9-3-2-6-15-9/h7,9H,2-6H2,1H3,(H,12,13,14). The van der Waals surface area contributed by atoms with Gasteiger partial charge in [0.25, 0.3) is 0 Å². The van der Waals surface area contributed by atoms with E-state index in [-0.39, 0.29) is 12.0 Å². The van der Waals surface area contributed by atoms with E-state index in [2.05, 4.69) is 10.3 Å². The Morgan fingerprint density at radius 1 is 1.75 bits per heavy atom. The molecule has 88 valence electrons. The van der Waals surface area contributed by atoms with Gasteiger partial charge in [0.15, 0.2) is 5.13 Å². The van der Waals surface area contributed by atoms with Crippen molar-refractivity contribution < 1.29 is 9.53 Å². The Labute approximate surface area is 99.0 Å². The van der Waals surface area contributed by atoms with Gasteiger partial charge in [-0.1, -0.05) is 0 Å². The molecule has 0 spiro atoms. The van der Waals surface area contributed by atoms with E-state index in [9.17, 15) is 4.79 Å². The fourth-order valence-corrected chi connectivity index (χ4v) is 2.46. The molecule has 1 aromatic heterocycles. The lowest BCUT2D eigenvalue weighted by molar-refractivity contribution is -0.116. The summed E-state index contributed by atoms with van der Waals surface area (Å²) in [5.74, 6) is 0.0323. The number of thiazole rings is 1. The van der Waals surface area contributed by atoms with Gasteiger partial charge >= 0.3 is 0 Å². The quantitative estimate of drug-likeness (QED) is 0.879. The van der Waals surface area contributed by atoms with Gasteiger partial charge in [-0.25, -0.2) is 4.98 Å². The summed E-state index contributed by atoms with van der Waals surface area (Å²) in [5, 5.41) is 5.42. The molecule has 0 aliphatic carbocycles. The van der Waals surface area contributed by atoms with Gasteiger partial charge in [-0.05, 0) is 26.2 Å². The van der Waals surface area contributed by atoms with Crippen molar-refractivity contribution in [2.24, 2.45) is 0 Å². The molecule has 4 nitrogen and oxygen atoms in total. The van der Waals surface area contributed by atoms with E-state index in [1.807, 2.05) is 12.3 Å². The molecule has 1 atom stereocenters. The second kappa shape index (κ2) is 5.41. The van der Waals surface area contributed by atoms with Crippen molar-refractivity contribution in [3.63, 3.8) is 0 Å².